The van der Waals surface area contributed by atoms with E-state index in [4.69, 9.17) is 11.6 Å². The first-order valence-electron chi connectivity index (χ1n) is 6.34. The molecule has 0 aliphatic rings. The summed E-state index contributed by atoms with van der Waals surface area (Å²) >= 11 is 6.07. The van der Waals surface area contributed by atoms with E-state index in [9.17, 15) is 0 Å². The van der Waals surface area contributed by atoms with Crippen molar-refractivity contribution in [3.8, 4) is 0 Å². The lowest BCUT2D eigenvalue weighted by atomic mass is 9.84. The fourth-order valence-corrected chi connectivity index (χ4v) is 2.34. The van der Waals surface area contributed by atoms with Gasteiger partial charge in [-0.15, -0.1) is 11.6 Å². The number of alkyl halides is 1. The molecule has 0 bridgehead atoms. The van der Waals surface area contributed by atoms with Gasteiger partial charge in [-0.25, -0.2) is 9.67 Å². The Kier molecular flexibility index (Phi) is 5.92. The Morgan fingerprint density at radius 3 is 2.59 bits per heavy atom. The minimum absolute atomic E-state index is 0.207. The lowest BCUT2D eigenvalue weighted by molar-refractivity contribution is 0.284. The smallest absolute Gasteiger partial charge is 0.140 e. The summed E-state index contributed by atoms with van der Waals surface area (Å²) < 4.78 is 1.91. The second kappa shape index (κ2) is 6.97. The summed E-state index contributed by atoms with van der Waals surface area (Å²) in [7, 11) is 0. The van der Waals surface area contributed by atoms with Crippen molar-refractivity contribution in [2.24, 2.45) is 5.41 Å². The highest BCUT2D eigenvalue weighted by Gasteiger charge is 2.24. The monoisotopic (exact) mass is 258 g/mol. The molecule has 17 heavy (non-hydrogen) atoms. The zero-order chi connectivity index (χ0) is 12.7. The first-order chi connectivity index (χ1) is 8.21. The maximum Gasteiger partial charge on any atom is 0.140 e. The van der Waals surface area contributed by atoms with Gasteiger partial charge in [0.15, 0.2) is 0 Å². The standard InChI is InChI=1S/C12H23ClN4/c1-4-12(5-2,8-13)9-14-7-11-15-10-16-17(11)6-3/h10,14H,4-9H2,1-3H3. The van der Waals surface area contributed by atoms with E-state index in [2.05, 4.69) is 36.2 Å². The van der Waals surface area contributed by atoms with Gasteiger partial charge in [0.05, 0.1) is 6.54 Å². The van der Waals surface area contributed by atoms with E-state index < -0.39 is 0 Å². The van der Waals surface area contributed by atoms with Crippen LogP contribution in [0.5, 0.6) is 0 Å². The molecule has 0 amide bonds. The molecule has 4 nitrogen and oxygen atoms in total. The maximum atomic E-state index is 6.07. The van der Waals surface area contributed by atoms with E-state index in [1.54, 1.807) is 6.33 Å². The topological polar surface area (TPSA) is 42.7 Å². The molecular formula is C12H23ClN4. The van der Waals surface area contributed by atoms with Gasteiger partial charge in [0.1, 0.15) is 12.2 Å². The molecule has 0 unspecified atom stereocenters. The Bertz CT molecular complexity index is 312. The molecule has 0 aromatic carbocycles. The van der Waals surface area contributed by atoms with Crippen LogP contribution in [0, 0.1) is 5.41 Å². The fourth-order valence-electron chi connectivity index (χ4n) is 1.86. The summed E-state index contributed by atoms with van der Waals surface area (Å²) in [5.41, 5.74) is 0.207. The Labute approximate surface area is 109 Å². The van der Waals surface area contributed by atoms with Crippen LogP contribution < -0.4 is 5.32 Å². The molecule has 98 valence electrons. The summed E-state index contributed by atoms with van der Waals surface area (Å²) in [5, 5.41) is 7.60. The maximum absolute atomic E-state index is 6.07. The van der Waals surface area contributed by atoms with Gasteiger partial charge in [0, 0.05) is 19.0 Å². The summed E-state index contributed by atoms with van der Waals surface area (Å²) in [6.45, 7) is 9.01. The summed E-state index contributed by atoms with van der Waals surface area (Å²) in [5.74, 6) is 1.69. The number of aryl methyl sites for hydroxylation is 1. The number of hydrogen-bond donors (Lipinski definition) is 1. The average molecular weight is 259 g/mol. The highest BCUT2D eigenvalue weighted by Crippen LogP contribution is 2.26. The first-order valence-corrected chi connectivity index (χ1v) is 6.88. The predicted octanol–water partition coefficient (Wildman–Crippen LogP) is 2.43. The van der Waals surface area contributed by atoms with Crippen LogP contribution in [0.3, 0.4) is 0 Å². The first kappa shape index (κ1) is 14.5. The van der Waals surface area contributed by atoms with Gasteiger partial charge in [-0.2, -0.15) is 5.10 Å². The third-order valence-electron chi connectivity index (χ3n) is 3.56. The van der Waals surface area contributed by atoms with E-state index in [-0.39, 0.29) is 5.41 Å². The van der Waals surface area contributed by atoms with Gasteiger partial charge >= 0.3 is 0 Å². The van der Waals surface area contributed by atoms with E-state index in [1.807, 2.05) is 4.68 Å². The zero-order valence-electron chi connectivity index (χ0n) is 11.0. The molecule has 1 N–H and O–H groups in total. The van der Waals surface area contributed by atoms with Gasteiger partial charge < -0.3 is 5.32 Å². The Morgan fingerprint density at radius 1 is 1.35 bits per heavy atom. The number of halogens is 1. The van der Waals surface area contributed by atoms with E-state index >= 15 is 0 Å². The molecule has 1 aromatic rings. The van der Waals surface area contributed by atoms with Crippen LogP contribution in [0.1, 0.15) is 39.4 Å². The van der Waals surface area contributed by atoms with Crippen LogP contribution in [-0.2, 0) is 13.1 Å². The van der Waals surface area contributed by atoms with Crippen molar-refractivity contribution in [2.75, 3.05) is 12.4 Å². The van der Waals surface area contributed by atoms with Gasteiger partial charge in [0.2, 0.25) is 0 Å². The number of hydrogen-bond acceptors (Lipinski definition) is 3. The van der Waals surface area contributed by atoms with Crippen LogP contribution in [0.25, 0.3) is 0 Å². The van der Waals surface area contributed by atoms with Gasteiger partial charge in [0.25, 0.3) is 0 Å². The molecule has 0 aliphatic heterocycles. The normalized spacial score (nSPS) is 12.0. The number of rotatable bonds is 8. The van der Waals surface area contributed by atoms with E-state index in [0.29, 0.717) is 5.88 Å². The van der Waals surface area contributed by atoms with Gasteiger partial charge in [-0.05, 0) is 25.2 Å². The second-order valence-corrected chi connectivity index (χ2v) is 4.70. The Morgan fingerprint density at radius 2 is 2.06 bits per heavy atom. The second-order valence-electron chi connectivity index (χ2n) is 4.44. The largest absolute Gasteiger partial charge is 0.309 e. The molecule has 1 aromatic heterocycles. The molecule has 0 fully saturated rings. The number of aromatic nitrogens is 3. The van der Waals surface area contributed by atoms with Crippen molar-refractivity contribution >= 4 is 11.6 Å². The van der Waals surface area contributed by atoms with Gasteiger partial charge in [-0.1, -0.05) is 13.8 Å². The SMILES string of the molecule is CCn1ncnc1CNCC(CC)(CC)CCl. The Hall–Kier alpha value is -0.610. The minimum atomic E-state index is 0.207. The highest BCUT2D eigenvalue weighted by atomic mass is 35.5. The number of nitrogens with zero attached hydrogens (tertiary/aromatic N) is 3. The van der Waals surface area contributed by atoms with Crippen LogP contribution in [-0.4, -0.2) is 27.2 Å². The van der Waals surface area contributed by atoms with Crippen molar-refractivity contribution in [2.45, 2.75) is 46.7 Å². The lowest BCUT2D eigenvalue weighted by Crippen LogP contribution is -2.35. The molecule has 0 aliphatic carbocycles. The molecule has 0 radical (unpaired) electrons. The van der Waals surface area contributed by atoms with Crippen molar-refractivity contribution in [1.29, 1.82) is 0 Å². The quantitative estimate of drug-likeness (QED) is 0.729. The summed E-state index contributed by atoms with van der Waals surface area (Å²) in [6.07, 6.45) is 3.80. The van der Waals surface area contributed by atoms with Crippen LogP contribution >= 0.6 is 11.6 Å². The molecule has 1 rings (SSSR count). The lowest BCUT2D eigenvalue weighted by Gasteiger charge is -2.29. The molecule has 0 saturated heterocycles. The van der Waals surface area contributed by atoms with E-state index in [0.717, 1.165) is 38.3 Å². The van der Waals surface area contributed by atoms with Crippen molar-refractivity contribution in [3.63, 3.8) is 0 Å². The van der Waals surface area contributed by atoms with E-state index in [1.165, 1.54) is 0 Å². The highest BCUT2D eigenvalue weighted by molar-refractivity contribution is 6.18. The molecule has 0 spiro atoms. The van der Waals surface area contributed by atoms with Crippen LogP contribution in [0.2, 0.25) is 0 Å². The summed E-state index contributed by atoms with van der Waals surface area (Å²) in [6, 6.07) is 0. The third kappa shape index (κ3) is 3.68. The van der Waals surface area contributed by atoms with Crippen molar-refractivity contribution in [1.82, 2.24) is 20.1 Å². The van der Waals surface area contributed by atoms with Crippen molar-refractivity contribution < 1.29 is 0 Å². The molecule has 0 saturated carbocycles. The predicted molar refractivity (Wildman–Crippen MR) is 71.1 cm³/mol. The van der Waals surface area contributed by atoms with Crippen LogP contribution in [0.15, 0.2) is 6.33 Å². The van der Waals surface area contributed by atoms with Gasteiger partial charge in [-0.3, -0.25) is 0 Å². The molecule has 1 heterocycles. The molecule has 5 heteroatoms. The summed E-state index contributed by atoms with van der Waals surface area (Å²) in [4.78, 5) is 4.24. The van der Waals surface area contributed by atoms with Crippen LogP contribution in [0.4, 0.5) is 0 Å². The van der Waals surface area contributed by atoms with Crippen molar-refractivity contribution in [3.05, 3.63) is 12.2 Å². The fraction of sp³-hybridized carbons (Fsp3) is 0.833. The molecule has 0 atom stereocenters. The number of nitrogens with one attached hydrogen (secondary N) is 1. The Balaban J connectivity index is 2.46. The average Bonchev–Trinajstić information content (AvgIpc) is 2.83. The zero-order valence-corrected chi connectivity index (χ0v) is 11.8. The molecular weight excluding hydrogens is 236 g/mol. The third-order valence-corrected chi connectivity index (χ3v) is 4.13. The minimum Gasteiger partial charge on any atom is -0.309 e.